The summed E-state index contributed by atoms with van der Waals surface area (Å²) < 4.78 is 7.23. The van der Waals surface area contributed by atoms with Crippen LogP contribution >= 0.6 is 11.8 Å². The van der Waals surface area contributed by atoms with Crippen LogP contribution in [0.1, 0.15) is 23.7 Å². The molecule has 0 spiro atoms. The first kappa shape index (κ1) is 20.4. The molecule has 5 heteroatoms. The third-order valence-corrected chi connectivity index (χ3v) is 5.46. The Kier molecular flexibility index (Phi) is 6.70. The van der Waals surface area contributed by atoms with Crippen LogP contribution in [0, 0.1) is 13.8 Å². The summed E-state index contributed by atoms with van der Waals surface area (Å²) in [5, 5.41) is 1.94. The number of ketones is 1. The lowest BCUT2D eigenvalue weighted by molar-refractivity contribution is -0.116. The van der Waals surface area contributed by atoms with Crippen molar-refractivity contribution < 1.29 is 9.53 Å². The van der Waals surface area contributed by atoms with E-state index in [1.807, 2.05) is 37.5 Å². The zero-order chi connectivity index (χ0) is 20.1. The van der Waals surface area contributed by atoms with E-state index in [0.29, 0.717) is 12.2 Å². The van der Waals surface area contributed by atoms with Gasteiger partial charge in [0.2, 0.25) is 0 Å². The van der Waals surface area contributed by atoms with Crippen LogP contribution in [0.4, 0.5) is 0 Å². The largest absolute Gasteiger partial charge is 0.378 e. The van der Waals surface area contributed by atoms with E-state index in [0.717, 1.165) is 28.2 Å². The lowest BCUT2D eigenvalue weighted by Gasteiger charge is -2.06. The summed E-state index contributed by atoms with van der Waals surface area (Å²) in [6, 6.07) is 12.3. The molecular weight excluding hydrogens is 368 g/mol. The number of pyridine rings is 1. The van der Waals surface area contributed by atoms with E-state index in [9.17, 15) is 4.79 Å². The molecule has 1 atom stereocenters. The number of carbonyl (C=O) groups excluding carboxylic acids is 1. The Hall–Kier alpha value is -2.37. The van der Waals surface area contributed by atoms with Crippen molar-refractivity contribution in [1.82, 2.24) is 9.38 Å². The van der Waals surface area contributed by atoms with Crippen molar-refractivity contribution in [2.24, 2.45) is 0 Å². The number of Topliss-reactive ketones (excluding diaryl/α,β-unsaturated/α-hetero) is 1. The number of nitrogens with zero attached hydrogens (tertiary/aromatic N) is 2. The van der Waals surface area contributed by atoms with E-state index < -0.39 is 0 Å². The van der Waals surface area contributed by atoms with Crippen molar-refractivity contribution in [3.63, 3.8) is 0 Å². The fraction of sp³-hybridized carbons (Fsp3) is 0.304. The highest BCUT2D eigenvalue weighted by Gasteiger charge is 2.17. The van der Waals surface area contributed by atoms with Crippen LogP contribution in [-0.4, -0.2) is 34.1 Å². The highest BCUT2D eigenvalue weighted by molar-refractivity contribution is 8.02. The second kappa shape index (κ2) is 9.22. The van der Waals surface area contributed by atoms with Gasteiger partial charge in [-0.15, -0.1) is 11.8 Å². The van der Waals surface area contributed by atoms with Crippen LogP contribution < -0.4 is 0 Å². The molecule has 0 bridgehead atoms. The average Bonchev–Trinajstić information content (AvgIpc) is 3.03. The monoisotopic (exact) mass is 394 g/mol. The first-order valence-corrected chi connectivity index (χ1v) is 10.4. The summed E-state index contributed by atoms with van der Waals surface area (Å²) in [5.41, 5.74) is 6.07. The summed E-state index contributed by atoms with van der Waals surface area (Å²) in [6.45, 7) is 6.08. The van der Waals surface area contributed by atoms with Gasteiger partial charge in [-0.2, -0.15) is 0 Å². The fourth-order valence-corrected chi connectivity index (χ4v) is 3.65. The van der Waals surface area contributed by atoms with Gasteiger partial charge in [0.1, 0.15) is 11.4 Å². The Morgan fingerprint density at radius 1 is 1.18 bits per heavy atom. The van der Waals surface area contributed by atoms with Gasteiger partial charge >= 0.3 is 0 Å². The molecule has 3 aromatic rings. The van der Waals surface area contributed by atoms with Crippen LogP contribution in [0.15, 0.2) is 54.1 Å². The summed E-state index contributed by atoms with van der Waals surface area (Å²) in [5.74, 6) is 0.607. The molecule has 1 aromatic carbocycles. The molecule has 146 valence electrons. The van der Waals surface area contributed by atoms with E-state index in [1.54, 1.807) is 7.11 Å². The molecule has 3 rings (SSSR count). The first-order valence-electron chi connectivity index (χ1n) is 9.35. The van der Waals surface area contributed by atoms with Gasteiger partial charge in [0.15, 0.2) is 0 Å². The predicted octanol–water partition coefficient (Wildman–Crippen LogP) is 5.01. The van der Waals surface area contributed by atoms with E-state index >= 15 is 0 Å². The Labute approximate surface area is 170 Å². The van der Waals surface area contributed by atoms with Gasteiger partial charge in [0.25, 0.3) is 0 Å². The number of methoxy groups -OCH3 is 1. The predicted molar refractivity (Wildman–Crippen MR) is 117 cm³/mol. The van der Waals surface area contributed by atoms with Crippen molar-refractivity contribution in [2.45, 2.75) is 33.3 Å². The lowest BCUT2D eigenvalue weighted by atomic mass is 10.1. The van der Waals surface area contributed by atoms with Crippen LogP contribution in [-0.2, 0) is 16.0 Å². The quantitative estimate of drug-likeness (QED) is 0.539. The van der Waals surface area contributed by atoms with E-state index in [4.69, 9.17) is 9.72 Å². The summed E-state index contributed by atoms with van der Waals surface area (Å²) >= 11 is 1.50. The van der Waals surface area contributed by atoms with Crippen molar-refractivity contribution in [3.05, 3.63) is 70.9 Å². The zero-order valence-corrected chi connectivity index (χ0v) is 17.6. The number of thioether (sulfide) groups is 1. The molecular formula is C23H26N2O2S. The first-order chi connectivity index (χ1) is 13.5. The molecule has 0 amide bonds. The van der Waals surface area contributed by atoms with Gasteiger partial charge in [-0.05, 0) is 43.9 Å². The number of benzene rings is 1. The zero-order valence-electron chi connectivity index (χ0n) is 16.8. The number of ether oxygens (including phenoxy) is 1. The van der Waals surface area contributed by atoms with E-state index in [2.05, 4.69) is 41.8 Å². The maximum Gasteiger partial charge on any atom is 0.149 e. The molecule has 0 saturated carbocycles. The van der Waals surface area contributed by atoms with Crippen molar-refractivity contribution in [2.75, 3.05) is 12.9 Å². The van der Waals surface area contributed by atoms with Crippen molar-refractivity contribution >= 4 is 23.2 Å². The third kappa shape index (κ3) is 4.91. The minimum absolute atomic E-state index is 0.0532. The Morgan fingerprint density at radius 2 is 1.89 bits per heavy atom. The summed E-state index contributed by atoms with van der Waals surface area (Å²) in [7, 11) is 1.67. The fourth-order valence-electron chi connectivity index (χ4n) is 2.93. The van der Waals surface area contributed by atoms with Gasteiger partial charge in [-0.1, -0.05) is 35.9 Å². The second-order valence-electron chi connectivity index (χ2n) is 7.00. The van der Waals surface area contributed by atoms with Gasteiger partial charge in [-0.25, -0.2) is 4.98 Å². The van der Waals surface area contributed by atoms with E-state index in [-0.39, 0.29) is 11.9 Å². The van der Waals surface area contributed by atoms with Crippen LogP contribution in [0.2, 0.25) is 0 Å². The van der Waals surface area contributed by atoms with Crippen molar-refractivity contribution in [3.8, 4) is 11.3 Å². The average molecular weight is 395 g/mol. The highest BCUT2D eigenvalue weighted by Crippen LogP contribution is 2.26. The molecule has 0 fully saturated rings. The SMILES string of the molecule is COC(C)/C=C\SCC(=O)Cc1c(-c2ccc(C)cc2)nc2ccc(C)cn12. The number of carbonyl (C=O) groups is 1. The van der Waals surface area contributed by atoms with Gasteiger partial charge in [-0.3, -0.25) is 4.79 Å². The molecule has 28 heavy (non-hydrogen) atoms. The molecule has 0 aliphatic heterocycles. The number of rotatable bonds is 8. The van der Waals surface area contributed by atoms with Crippen LogP contribution in [0.3, 0.4) is 0 Å². The number of fused-ring (bicyclic) bond motifs is 1. The lowest BCUT2D eigenvalue weighted by Crippen LogP contribution is -2.08. The Morgan fingerprint density at radius 3 is 2.61 bits per heavy atom. The number of aryl methyl sites for hydroxylation is 2. The van der Waals surface area contributed by atoms with Gasteiger partial charge in [0, 0.05) is 18.9 Å². The Balaban J connectivity index is 1.87. The third-order valence-electron chi connectivity index (χ3n) is 4.62. The summed E-state index contributed by atoms with van der Waals surface area (Å²) in [6.07, 6.45) is 4.41. The normalized spacial score (nSPS) is 12.7. The number of hydrogen-bond donors (Lipinski definition) is 0. The molecule has 0 radical (unpaired) electrons. The second-order valence-corrected chi connectivity index (χ2v) is 7.90. The smallest absolute Gasteiger partial charge is 0.149 e. The highest BCUT2D eigenvalue weighted by atomic mass is 32.2. The Bertz CT molecular complexity index is 990. The number of hydrogen-bond acceptors (Lipinski definition) is 4. The molecule has 0 saturated heterocycles. The van der Waals surface area contributed by atoms with Gasteiger partial charge in [0.05, 0.1) is 29.7 Å². The van der Waals surface area contributed by atoms with Crippen LogP contribution in [0.25, 0.3) is 16.9 Å². The molecule has 0 N–H and O–H groups in total. The number of imidazole rings is 1. The maximum atomic E-state index is 12.7. The van der Waals surface area contributed by atoms with E-state index in [1.165, 1.54) is 17.3 Å². The molecule has 4 nitrogen and oxygen atoms in total. The van der Waals surface area contributed by atoms with Crippen LogP contribution in [0.5, 0.6) is 0 Å². The molecule has 2 heterocycles. The van der Waals surface area contributed by atoms with Crippen molar-refractivity contribution in [1.29, 1.82) is 0 Å². The number of aromatic nitrogens is 2. The minimum atomic E-state index is 0.0532. The maximum absolute atomic E-state index is 12.7. The molecule has 0 aliphatic rings. The minimum Gasteiger partial charge on any atom is -0.378 e. The molecule has 0 aliphatic carbocycles. The molecule has 2 aromatic heterocycles. The summed E-state index contributed by atoms with van der Waals surface area (Å²) in [4.78, 5) is 17.5. The topological polar surface area (TPSA) is 43.6 Å². The van der Waals surface area contributed by atoms with Gasteiger partial charge < -0.3 is 9.14 Å². The standard InChI is InChI=1S/C23H26N2O2S/c1-16-5-8-19(9-6-16)23-21(25-14-17(2)7-10-22(25)24-23)13-20(26)15-28-12-11-18(3)27-4/h5-12,14,18H,13,15H2,1-4H3/b12-11-. The molecule has 1 unspecified atom stereocenters.